The first-order valence-electron chi connectivity index (χ1n) is 8.43. The zero-order valence-electron chi connectivity index (χ0n) is 14.4. The number of benzene rings is 2. The van der Waals surface area contributed by atoms with Crippen LogP contribution in [0.1, 0.15) is 30.4 Å². The minimum atomic E-state index is -0.489. The third kappa shape index (κ3) is 4.49. The van der Waals surface area contributed by atoms with E-state index in [-0.39, 0.29) is 18.7 Å². The Morgan fingerprint density at radius 1 is 1.15 bits per heavy atom. The van der Waals surface area contributed by atoms with E-state index in [1.807, 2.05) is 43.3 Å². The van der Waals surface area contributed by atoms with E-state index in [1.54, 1.807) is 12.1 Å². The molecule has 0 spiro atoms. The van der Waals surface area contributed by atoms with Crippen molar-refractivity contribution in [3.05, 3.63) is 64.7 Å². The van der Waals surface area contributed by atoms with E-state index >= 15 is 0 Å². The van der Waals surface area contributed by atoms with Crippen molar-refractivity contribution >= 4 is 29.2 Å². The summed E-state index contributed by atoms with van der Waals surface area (Å²) in [7, 11) is 0. The van der Waals surface area contributed by atoms with Crippen molar-refractivity contribution in [2.45, 2.75) is 26.2 Å². The van der Waals surface area contributed by atoms with Crippen LogP contribution in [-0.4, -0.2) is 29.1 Å². The lowest BCUT2D eigenvalue weighted by molar-refractivity contribution is -0.138. The molecular formula is C20H19ClN2O3. The first-order chi connectivity index (χ1) is 12.5. The summed E-state index contributed by atoms with van der Waals surface area (Å²) in [5.74, 6) is -0.366. The normalized spacial score (nSPS) is 13.5. The van der Waals surface area contributed by atoms with Gasteiger partial charge < -0.3 is 4.74 Å². The highest BCUT2D eigenvalue weighted by Crippen LogP contribution is 2.25. The number of nitrogens with zero attached hydrogens (tertiary/aromatic N) is 2. The summed E-state index contributed by atoms with van der Waals surface area (Å²) in [5, 5.41) is 6.17. The Kier molecular flexibility index (Phi) is 5.68. The van der Waals surface area contributed by atoms with E-state index in [2.05, 4.69) is 5.10 Å². The summed E-state index contributed by atoms with van der Waals surface area (Å²) in [5.41, 5.74) is 2.83. The molecule has 1 heterocycles. The fourth-order valence-electron chi connectivity index (χ4n) is 2.67. The van der Waals surface area contributed by atoms with Crippen LogP contribution in [0.15, 0.2) is 53.6 Å². The molecule has 26 heavy (non-hydrogen) atoms. The van der Waals surface area contributed by atoms with Crippen LogP contribution >= 0.6 is 11.6 Å². The molecule has 0 radical (unpaired) electrons. The molecule has 5 nitrogen and oxygen atoms in total. The van der Waals surface area contributed by atoms with Gasteiger partial charge in [0.25, 0.3) is 0 Å². The molecule has 2 aromatic rings. The minimum Gasteiger partial charge on any atom is -0.425 e. The number of aryl methyl sites for hydroxylation is 1. The van der Waals surface area contributed by atoms with Crippen molar-refractivity contribution in [3.63, 3.8) is 0 Å². The monoisotopic (exact) mass is 370 g/mol. The molecular weight excluding hydrogens is 352 g/mol. The van der Waals surface area contributed by atoms with Gasteiger partial charge in [0, 0.05) is 12.8 Å². The van der Waals surface area contributed by atoms with Gasteiger partial charge >= 0.3 is 5.97 Å². The molecule has 0 aliphatic carbocycles. The maximum Gasteiger partial charge on any atom is 0.311 e. The first kappa shape index (κ1) is 18.1. The number of rotatable bonds is 5. The Balaban J connectivity index is 1.53. The fourth-order valence-corrected chi connectivity index (χ4v) is 2.83. The van der Waals surface area contributed by atoms with Crippen molar-refractivity contribution in [2.75, 3.05) is 6.54 Å². The van der Waals surface area contributed by atoms with Gasteiger partial charge in [0.1, 0.15) is 5.75 Å². The van der Waals surface area contributed by atoms with Crippen molar-refractivity contribution in [1.29, 1.82) is 0 Å². The quantitative estimate of drug-likeness (QED) is 0.591. The number of hydrogen-bond acceptors (Lipinski definition) is 4. The van der Waals surface area contributed by atoms with Crippen LogP contribution in [-0.2, 0) is 9.59 Å². The van der Waals surface area contributed by atoms with Crippen molar-refractivity contribution in [3.8, 4) is 5.75 Å². The summed E-state index contributed by atoms with van der Waals surface area (Å²) in [4.78, 5) is 24.3. The first-order valence-corrected chi connectivity index (χ1v) is 8.81. The van der Waals surface area contributed by atoms with Crippen LogP contribution in [0.5, 0.6) is 5.75 Å². The summed E-state index contributed by atoms with van der Waals surface area (Å²) in [6.45, 7) is 2.41. The van der Waals surface area contributed by atoms with E-state index in [9.17, 15) is 9.59 Å². The van der Waals surface area contributed by atoms with Crippen LogP contribution in [0.3, 0.4) is 0 Å². The standard InChI is InChI=1S/C20H19ClN2O3/c1-14-7-8-16(21)18(13-14)26-20(25)10-9-19(24)23-12-11-17(22-23)15-5-3-2-4-6-15/h2-8,13H,9-12H2,1H3. The molecule has 0 fully saturated rings. The highest BCUT2D eigenvalue weighted by Gasteiger charge is 2.22. The topological polar surface area (TPSA) is 59.0 Å². The van der Waals surface area contributed by atoms with Crippen LogP contribution in [0.25, 0.3) is 0 Å². The molecule has 134 valence electrons. The third-order valence-corrected chi connectivity index (χ3v) is 4.36. The van der Waals surface area contributed by atoms with Crippen LogP contribution in [0.4, 0.5) is 0 Å². The number of esters is 1. The molecule has 1 aliphatic heterocycles. The summed E-state index contributed by atoms with van der Waals surface area (Å²) < 4.78 is 5.25. The Labute approximate surface area is 157 Å². The molecule has 3 rings (SSSR count). The van der Waals surface area contributed by atoms with E-state index in [0.29, 0.717) is 23.7 Å². The molecule has 2 aromatic carbocycles. The molecule has 1 amide bonds. The molecule has 0 unspecified atom stereocenters. The maximum atomic E-state index is 12.3. The largest absolute Gasteiger partial charge is 0.425 e. The zero-order valence-corrected chi connectivity index (χ0v) is 15.2. The predicted molar refractivity (Wildman–Crippen MR) is 100 cm³/mol. The Morgan fingerprint density at radius 2 is 1.92 bits per heavy atom. The van der Waals surface area contributed by atoms with Gasteiger partial charge in [0.05, 0.1) is 23.7 Å². The van der Waals surface area contributed by atoms with Crippen LogP contribution in [0, 0.1) is 6.92 Å². The second-order valence-corrected chi connectivity index (χ2v) is 6.49. The summed E-state index contributed by atoms with van der Waals surface area (Å²) in [6.07, 6.45) is 0.739. The lowest BCUT2D eigenvalue weighted by atomic mass is 10.1. The molecule has 0 bridgehead atoms. The molecule has 0 saturated heterocycles. The van der Waals surface area contributed by atoms with Gasteiger partial charge in [-0.3, -0.25) is 9.59 Å². The number of amides is 1. The van der Waals surface area contributed by atoms with E-state index < -0.39 is 5.97 Å². The van der Waals surface area contributed by atoms with Gasteiger partial charge in [-0.1, -0.05) is 48.0 Å². The molecule has 0 atom stereocenters. The predicted octanol–water partition coefficient (Wildman–Crippen LogP) is 3.97. The van der Waals surface area contributed by atoms with Crippen molar-refractivity contribution in [2.24, 2.45) is 5.10 Å². The van der Waals surface area contributed by atoms with Crippen molar-refractivity contribution < 1.29 is 14.3 Å². The SMILES string of the molecule is Cc1ccc(Cl)c(OC(=O)CCC(=O)N2CCC(c3ccccc3)=N2)c1. The van der Waals surface area contributed by atoms with E-state index in [1.165, 1.54) is 5.01 Å². The fraction of sp³-hybridized carbons (Fsp3) is 0.250. The molecule has 0 aromatic heterocycles. The van der Waals surface area contributed by atoms with Crippen LogP contribution < -0.4 is 4.74 Å². The Hall–Kier alpha value is -2.66. The number of carbonyl (C=O) groups excluding carboxylic acids is 2. The van der Waals surface area contributed by atoms with Gasteiger partial charge in [-0.15, -0.1) is 0 Å². The molecule has 0 saturated carbocycles. The van der Waals surface area contributed by atoms with Gasteiger partial charge in [0.2, 0.25) is 5.91 Å². The van der Waals surface area contributed by atoms with Gasteiger partial charge in [-0.25, -0.2) is 5.01 Å². The average Bonchev–Trinajstić information content (AvgIpc) is 3.14. The molecule has 1 aliphatic rings. The zero-order chi connectivity index (χ0) is 18.5. The number of hydrazone groups is 1. The summed E-state index contributed by atoms with van der Waals surface area (Å²) in [6, 6.07) is 15.0. The smallest absolute Gasteiger partial charge is 0.311 e. The van der Waals surface area contributed by atoms with Gasteiger partial charge in [-0.05, 0) is 30.2 Å². The third-order valence-electron chi connectivity index (χ3n) is 4.05. The van der Waals surface area contributed by atoms with Crippen LogP contribution in [0.2, 0.25) is 5.02 Å². The van der Waals surface area contributed by atoms with E-state index in [0.717, 1.165) is 16.8 Å². The number of carbonyl (C=O) groups is 2. The van der Waals surface area contributed by atoms with Gasteiger partial charge in [-0.2, -0.15) is 5.10 Å². The summed E-state index contributed by atoms with van der Waals surface area (Å²) >= 11 is 6.01. The lowest BCUT2D eigenvalue weighted by Gasteiger charge is -2.11. The highest BCUT2D eigenvalue weighted by atomic mass is 35.5. The lowest BCUT2D eigenvalue weighted by Crippen LogP contribution is -2.24. The Morgan fingerprint density at radius 3 is 2.69 bits per heavy atom. The second kappa shape index (κ2) is 8.15. The second-order valence-electron chi connectivity index (χ2n) is 6.09. The average molecular weight is 371 g/mol. The molecule has 0 N–H and O–H groups in total. The van der Waals surface area contributed by atoms with Crippen molar-refractivity contribution in [1.82, 2.24) is 5.01 Å². The Bertz CT molecular complexity index is 849. The number of hydrogen-bond donors (Lipinski definition) is 0. The van der Waals surface area contributed by atoms with E-state index in [4.69, 9.17) is 16.3 Å². The maximum absolute atomic E-state index is 12.3. The van der Waals surface area contributed by atoms with Gasteiger partial charge in [0.15, 0.2) is 0 Å². The number of halogens is 1. The number of ether oxygens (including phenoxy) is 1. The minimum absolute atomic E-state index is 0.0181. The molecule has 6 heteroatoms. The highest BCUT2D eigenvalue weighted by molar-refractivity contribution is 6.32.